The molecule has 0 aliphatic rings. The summed E-state index contributed by atoms with van der Waals surface area (Å²) >= 11 is 0. The molecule has 0 saturated heterocycles. The molecule has 0 heterocycles. The van der Waals surface area contributed by atoms with Gasteiger partial charge in [0.1, 0.15) is 0 Å². The molecule has 3 heteroatoms. The minimum absolute atomic E-state index is 0.00130. The Kier molecular flexibility index (Phi) is 5.26. The molecule has 1 atom stereocenters. The van der Waals surface area contributed by atoms with E-state index in [1.54, 1.807) is 13.8 Å². The summed E-state index contributed by atoms with van der Waals surface area (Å²) in [5, 5.41) is 2.80. The van der Waals surface area contributed by atoms with Gasteiger partial charge >= 0.3 is 0 Å². The maximum Gasteiger partial charge on any atom is 0.223 e. The van der Waals surface area contributed by atoms with E-state index in [1.807, 2.05) is 6.92 Å². The molecule has 0 spiro atoms. The summed E-state index contributed by atoms with van der Waals surface area (Å²) in [6.45, 7) is 6.12. The van der Waals surface area contributed by atoms with Gasteiger partial charge in [-0.1, -0.05) is 12.8 Å². The van der Waals surface area contributed by atoms with Crippen molar-refractivity contribution in [1.29, 1.82) is 0 Å². The van der Waals surface area contributed by atoms with Crippen LogP contribution >= 0.6 is 0 Å². The van der Waals surface area contributed by atoms with Crippen molar-refractivity contribution in [3.63, 3.8) is 0 Å². The van der Waals surface area contributed by atoms with Crippen molar-refractivity contribution in [1.82, 2.24) is 5.32 Å². The highest BCUT2D eigenvalue weighted by Gasteiger charge is 2.20. The largest absolute Gasteiger partial charge is 0.340 e. The van der Waals surface area contributed by atoms with Gasteiger partial charge in [0, 0.05) is 5.92 Å². The molecule has 3 nitrogen and oxygen atoms in total. The number of rotatable bonds is 5. The van der Waals surface area contributed by atoms with Gasteiger partial charge in [-0.3, -0.25) is 4.79 Å². The number of amides is 1. The third-order valence-corrected chi connectivity index (χ3v) is 2.09. The van der Waals surface area contributed by atoms with Crippen LogP contribution in [-0.4, -0.2) is 18.0 Å². The lowest BCUT2D eigenvalue weighted by Crippen LogP contribution is -2.44. The van der Waals surface area contributed by atoms with Gasteiger partial charge in [-0.2, -0.15) is 0 Å². The van der Waals surface area contributed by atoms with Crippen molar-refractivity contribution in [2.45, 2.75) is 39.2 Å². The lowest BCUT2D eigenvalue weighted by atomic mass is 10.0. The van der Waals surface area contributed by atoms with Gasteiger partial charge in [0.15, 0.2) is 0 Å². The van der Waals surface area contributed by atoms with Gasteiger partial charge in [0.05, 0.1) is 5.54 Å². The molecule has 0 aromatic rings. The van der Waals surface area contributed by atoms with Crippen LogP contribution in [0.4, 0.5) is 0 Å². The quantitative estimate of drug-likeness (QED) is 0.642. The molecule has 0 bridgehead atoms. The average molecular weight is 196 g/mol. The fourth-order valence-electron chi connectivity index (χ4n) is 1.02. The Morgan fingerprint density at radius 3 is 2.64 bits per heavy atom. The maximum atomic E-state index is 11.6. The van der Waals surface area contributed by atoms with Gasteiger partial charge in [-0.05, 0) is 33.2 Å². The zero-order valence-corrected chi connectivity index (χ0v) is 9.26. The first kappa shape index (κ1) is 13.0. The summed E-state index contributed by atoms with van der Waals surface area (Å²) in [6.07, 6.45) is 6.94. The van der Waals surface area contributed by atoms with Gasteiger partial charge in [0.25, 0.3) is 0 Å². The predicted octanol–water partition coefficient (Wildman–Crippen LogP) is 0.889. The number of nitrogens with two attached hydrogens (primary N) is 1. The number of carbonyl (C=O) groups is 1. The first-order valence-electron chi connectivity index (χ1n) is 4.93. The minimum Gasteiger partial charge on any atom is -0.340 e. The van der Waals surface area contributed by atoms with Crippen LogP contribution in [-0.2, 0) is 4.79 Å². The molecular weight excluding hydrogens is 176 g/mol. The lowest BCUT2D eigenvalue weighted by molar-refractivity contribution is -0.125. The van der Waals surface area contributed by atoms with Crippen LogP contribution in [0.3, 0.4) is 0 Å². The molecule has 0 aliphatic carbocycles. The molecule has 0 saturated carbocycles. The standard InChI is InChI=1S/C11H20N2O/c1-5-11(3,4)13-10(14)9(2)7-6-8-12/h1,9H,6-8,12H2,2-4H3,(H,13,14). The molecule has 80 valence electrons. The summed E-state index contributed by atoms with van der Waals surface area (Å²) in [4.78, 5) is 11.6. The van der Waals surface area contributed by atoms with Gasteiger partial charge in [-0.15, -0.1) is 6.42 Å². The molecule has 0 aromatic heterocycles. The Morgan fingerprint density at radius 1 is 1.64 bits per heavy atom. The molecule has 1 unspecified atom stereocenters. The zero-order chi connectivity index (χ0) is 11.2. The van der Waals surface area contributed by atoms with Crippen molar-refractivity contribution < 1.29 is 4.79 Å². The lowest BCUT2D eigenvalue weighted by Gasteiger charge is -2.22. The topological polar surface area (TPSA) is 55.1 Å². The third kappa shape index (κ3) is 4.88. The van der Waals surface area contributed by atoms with Crippen molar-refractivity contribution >= 4 is 5.91 Å². The molecule has 0 aromatic carbocycles. The number of terminal acetylenes is 1. The minimum atomic E-state index is -0.561. The summed E-state index contributed by atoms with van der Waals surface area (Å²) in [5.74, 6) is 2.51. The van der Waals surface area contributed by atoms with Crippen LogP contribution in [0.5, 0.6) is 0 Å². The second-order valence-corrected chi connectivity index (χ2v) is 4.09. The number of hydrogen-bond donors (Lipinski definition) is 2. The van der Waals surface area contributed by atoms with E-state index < -0.39 is 5.54 Å². The molecule has 0 aliphatic heterocycles. The maximum absolute atomic E-state index is 11.6. The smallest absolute Gasteiger partial charge is 0.223 e. The second kappa shape index (κ2) is 5.66. The monoisotopic (exact) mass is 196 g/mol. The van der Waals surface area contributed by atoms with Crippen LogP contribution in [0.1, 0.15) is 33.6 Å². The second-order valence-electron chi connectivity index (χ2n) is 4.09. The number of nitrogens with one attached hydrogen (secondary N) is 1. The fourth-order valence-corrected chi connectivity index (χ4v) is 1.02. The van der Waals surface area contributed by atoms with E-state index in [-0.39, 0.29) is 11.8 Å². The number of hydrogen-bond acceptors (Lipinski definition) is 2. The molecular formula is C11H20N2O. The highest BCUT2D eigenvalue weighted by molar-refractivity contribution is 5.79. The fraction of sp³-hybridized carbons (Fsp3) is 0.727. The SMILES string of the molecule is C#CC(C)(C)NC(=O)C(C)CCCN. The van der Waals surface area contributed by atoms with Crippen LogP contribution in [0.25, 0.3) is 0 Å². The van der Waals surface area contributed by atoms with Gasteiger partial charge < -0.3 is 11.1 Å². The van der Waals surface area contributed by atoms with E-state index in [2.05, 4.69) is 11.2 Å². The normalized spacial score (nSPS) is 13.1. The van der Waals surface area contributed by atoms with Crippen LogP contribution in [0.15, 0.2) is 0 Å². The summed E-state index contributed by atoms with van der Waals surface area (Å²) in [7, 11) is 0. The highest BCUT2D eigenvalue weighted by Crippen LogP contribution is 2.07. The van der Waals surface area contributed by atoms with Crippen LogP contribution in [0.2, 0.25) is 0 Å². The zero-order valence-electron chi connectivity index (χ0n) is 9.26. The van der Waals surface area contributed by atoms with Gasteiger partial charge in [0.2, 0.25) is 5.91 Å². The van der Waals surface area contributed by atoms with E-state index in [0.717, 1.165) is 12.8 Å². The van der Waals surface area contributed by atoms with Crippen molar-refractivity contribution in [2.24, 2.45) is 11.7 Å². The van der Waals surface area contributed by atoms with E-state index in [0.29, 0.717) is 6.54 Å². The highest BCUT2D eigenvalue weighted by atomic mass is 16.2. The third-order valence-electron chi connectivity index (χ3n) is 2.09. The number of carbonyl (C=O) groups excluding carboxylic acids is 1. The summed E-state index contributed by atoms with van der Waals surface area (Å²) in [5.41, 5.74) is 4.80. The van der Waals surface area contributed by atoms with Crippen LogP contribution < -0.4 is 11.1 Å². The Morgan fingerprint density at radius 2 is 2.21 bits per heavy atom. The Hall–Kier alpha value is -1.01. The Labute approximate surface area is 86.4 Å². The first-order valence-corrected chi connectivity index (χ1v) is 4.93. The molecule has 1 amide bonds. The average Bonchev–Trinajstić information content (AvgIpc) is 2.13. The first-order chi connectivity index (χ1) is 6.43. The Bertz CT molecular complexity index is 228. The van der Waals surface area contributed by atoms with Crippen molar-refractivity contribution in [2.75, 3.05) is 6.54 Å². The molecule has 3 N–H and O–H groups in total. The molecule has 0 radical (unpaired) electrons. The van der Waals surface area contributed by atoms with E-state index in [1.165, 1.54) is 0 Å². The van der Waals surface area contributed by atoms with Crippen LogP contribution in [0, 0.1) is 18.3 Å². The van der Waals surface area contributed by atoms with Crippen molar-refractivity contribution in [3.05, 3.63) is 0 Å². The predicted molar refractivity (Wildman–Crippen MR) is 58.5 cm³/mol. The van der Waals surface area contributed by atoms with Gasteiger partial charge in [-0.25, -0.2) is 0 Å². The summed E-state index contributed by atoms with van der Waals surface area (Å²) in [6, 6.07) is 0. The van der Waals surface area contributed by atoms with E-state index in [4.69, 9.17) is 12.2 Å². The molecule has 0 fully saturated rings. The summed E-state index contributed by atoms with van der Waals surface area (Å²) < 4.78 is 0. The van der Waals surface area contributed by atoms with E-state index in [9.17, 15) is 4.79 Å². The van der Waals surface area contributed by atoms with Crippen molar-refractivity contribution in [3.8, 4) is 12.3 Å². The molecule has 0 rings (SSSR count). The van der Waals surface area contributed by atoms with E-state index >= 15 is 0 Å². The molecule has 14 heavy (non-hydrogen) atoms. The Balaban J connectivity index is 4.03.